The van der Waals surface area contributed by atoms with Gasteiger partial charge in [-0.1, -0.05) is 36.6 Å². The first-order chi connectivity index (χ1) is 11.6. The summed E-state index contributed by atoms with van der Waals surface area (Å²) in [6.07, 6.45) is 7.03. The van der Waals surface area contributed by atoms with Crippen LogP contribution in [0.4, 0.5) is 0 Å². The lowest BCUT2D eigenvalue weighted by atomic mass is 9.84. The van der Waals surface area contributed by atoms with E-state index in [0.717, 1.165) is 25.7 Å². The molecule has 0 radical (unpaired) electrons. The monoisotopic (exact) mass is 385 g/mol. The van der Waals surface area contributed by atoms with E-state index in [9.17, 15) is 8.42 Å². The molecular weight excluding hydrogens is 362 g/mol. The molecule has 1 aliphatic carbocycles. The average Bonchev–Trinajstić information content (AvgIpc) is 3.15. The molecule has 0 amide bonds. The number of nitrogens with one attached hydrogen (secondary N) is 1. The number of hydrogen-bond donors (Lipinski definition) is 2. The van der Waals surface area contributed by atoms with Crippen LogP contribution in [0.5, 0.6) is 0 Å². The summed E-state index contributed by atoms with van der Waals surface area (Å²) < 4.78 is 33.8. The van der Waals surface area contributed by atoms with E-state index in [1.54, 1.807) is 30.3 Å². The van der Waals surface area contributed by atoms with E-state index < -0.39 is 10.0 Å². The van der Waals surface area contributed by atoms with Crippen LogP contribution in [0.2, 0.25) is 0 Å². The highest BCUT2D eigenvalue weighted by molar-refractivity contribution is 7.89. The molecular formula is C17H24ClN3O3S. The van der Waals surface area contributed by atoms with Gasteiger partial charge in [-0.3, -0.25) is 0 Å². The largest absolute Gasteiger partial charge is 0.356 e. The maximum Gasteiger partial charge on any atom is 0.241 e. The number of nitrogens with two attached hydrogens (primary N) is 1. The van der Waals surface area contributed by atoms with E-state index >= 15 is 0 Å². The first kappa shape index (κ1) is 19.9. The van der Waals surface area contributed by atoms with E-state index in [-0.39, 0.29) is 23.3 Å². The summed E-state index contributed by atoms with van der Waals surface area (Å²) in [6, 6.07) is 8.18. The Kier molecular flexibility index (Phi) is 7.01. The Morgan fingerprint density at radius 2 is 1.92 bits per heavy atom. The Labute approximate surface area is 154 Å². The highest BCUT2D eigenvalue weighted by atomic mass is 35.5. The Bertz CT molecular complexity index is 759. The van der Waals surface area contributed by atoms with Crippen molar-refractivity contribution < 1.29 is 12.9 Å². The van der Waals surface area contributed by atoms with Gasteiger partial charge < -0.3 is 10.3 Å². The summed E-state index contributed by atoms with van der Waals surface area (Å²) in [5, 5.41) is 3.66. The Morgan fingerprint density at radius 3 is 2.56 bits per heavy atom. The summed E-state index contributed by atoms with van der Waals surface area (Å²) in [6.45, 7) is 0.300. The van der Waals surface area contributed by atoms with Gasteiger partial charge in [0.25, 0.3) is 0 Å². The predicted molar refractivity (Wildman–Crippen MR) is 98.9 cm³/mol. The molecule has 1 aromatic heterocycles. The standard InChI is InChI=1S/C17H23N3O3S.ClH/c18-12-15(13-6-2-1-3-7-13)20-24(21,22)17-9-5-4-8-14(17)16-10-11-19-23-16;/h4-5,8-11,13,15,20H,1-3,6-7,12,18H2;1H. The van der Waals surface area contributed by atoms with Crippen LogP contribution >= 0.6 is 12.4 Å². The van der Waals surface area contributed by atoms with Crippen molar-refractivity contribution in [3.8, 4) is 11.3 Å². The minimum Gasteiger partial charge on any atom is -0.356 e. The zero-order chi connectivity index (χ0) is 17.0. The van der Waals surface area contributed by atoms with E-state index in [1.807, 2.05) is 0 Å². The van der Waals surface area contributed by atoms with Crippen LogP contribution in [0.1, 0.15) is 32.1 Å². The second-order valence-electron chi connectivity index (χ2n) is 6.23. The Hall–Kier alpha value is -1.41. The van der Waals surface area contributed by atoms with Gasteiger partial charge in [-0.2, -0.15) is 0 Å². The predicted octanol–water partition coefficient (Wildman–Crippen LogP) is 2.95. The summed E-state index contributed by atoms with van der Waals surface area (Å²) in [7, 11) is -3.70. The molecule has 6 nitrogen and oxygen atoms in total. The van der Waals surface area contributed by atoms with Crippen LogP contribution in [-0.4, -0.2) is 26.2 Å². The van der Waals surface area contributed by atoms with Crippen LogP contribution in [0.25, 0.3) is 11.3 Å². The molecule has 1 atom stereocenters. The summed E-state index contributed by atoms with van der Waals surface area (Å²) in [5.41, 5.74) is 6.37. The van der Waals surface area contributed by atoms with Crippen molar-refractivity contribution in [1.82, 2.24) is 9.88 Å². The molecule has 138 valence electrons. The molecule has 0 saturated heterocycles. The van der Waals surface area contributed by atoms with Gasteiger partial charge in [-0.05, 0) is 30.9 Å². The van der Waals surface area contributed by atoms with Crippen LogP contribution in [0, 0.1) is 5.92 Å². The quantitative estimate of drug-likeness (QED) is 0.796. The van der Waals surface area contributed by atoms with E-state index in [1.165, 1.54) is 12.6 Å². The minimum atomic E-state index is -3.70. The zero-order valence-corrected chi connectivity index (χ0v) is 15.6. The third kappa shape index (κ3) is 4.61. The van der Waals surface area contributed by atoms with Gasteiger partial charge in [0.1, 0.15) is 0 Å². The van der Waals surface area contributed by atoms with Gasteiger partial charge in [0, 0.05) is 24.2 Å². The number of hydrogen-bond acceptors (Lipinski definition) is 5. The number of aromatic nitrogens is 1. The van der Waals surface area contributed by atoms with E-state index in [0.29, 0.717) is 23.8 Å². The SMILES string of the molecule is Cl.NCC(NS(=O)(=O)c1ccccc1-c1ccno1)C1CCCCC1. The molecule has 25 heavy (non-hydrogen) atoms. The summed E-state index contributed by atoms with van der Waals surface area (Å²) >= 11 is 0. The molecule has 0 bridgehead atoms. The Balaban J connectivity index is 0.00000225. The molecule has 1 aliphatic rings. The maximum absolute atomic E-state index is 12.9. The zero-order valence-electron chi connectivity index (χ0n) is 13.9. The molecule has 8 heteroatoms. The van der Waals surface area contributed by atoms with Crippen LogP contribution in [-0.2, 0) is 10.0 Å². The Morgan fingerprint density at radius 1 is 1.20 bits per heavy atom. The highest BCUT2D eigenvalue weighted by Gasteiger charge is 2.29. The fourth-order valence-corrected chi connectivity index (χ4v) is 4.93. The van der Waals surface area contributed by atoms with Gasteiger partial charge in [-0.15, -0.1) is 12.4 Å². The summed E-state index contributed by atoms with van der Waals surface area (Å²) in [5.74, 6) is 0.730. The molecule has 2 aromatic rings. The maximum atomic E-state index is 12.9. The molecule has 3 rings (SSSR count). The molecule has 1 saturated carbocycles. The molecule has 0 aliphatic heterocycles. The normalized spacial score (nSPS) is 17.0. The van der Waals surface area contributed by atoms with Crippen LogP contribution in [0.15, 0.2) is 45.9 Å². The van der Waals surface area contributed by atoms with E-state index in [2.05, 4.69) is 9.88 Å². The number of halogens is 1. The van der Waals surface area contributed by atoms with Crippen molar-refractivity contribution in [2.24, 2.45) is 11.7 Å². The molecule has 1 heterocycles. The lowest BCUT2D eigenvalue weighted by Crippen LogP contribution is -2.45. The first-order valence-electron chi connectivity index (χ1n) is 8.34. The third-order valence-corrected chi connectivity index (χ3v) is 6.21. The van der Waals surface area contributed by atoms with Crippen molar-refractivity contribution >= 4 is 22.4 Å². The lowest BCUT2D eigenvalue weighted by molar-refractivity contribution is 0.294. The first-order valence-corrected chi connectivity index (χ1v) is 9.82. The van der Waals surface area contributed by atoms with E-state index in [4.69, 9.17) is 10.3 Å². The molecule has 1 fully saturated rings. The van der Waals surface area contributed by atoms with Gasteiger partial charge in [0.05, 0.1) is 11.1 Å². The topological polar surface area (TPSA) is 98.2 Å². The highest BCUT2D eigenvalue weighted by Crippen LogP contribution is 2.29. The number of sulfonamides is 1. The smallest absolute Gasteiger partial charge is 0.241 e. The van der Waals surface area contributed by atoms with Gasteiger partial charge in [0.2, 0.25) is 10.0 Å². The number of benzene rings is 1. The van der Waals surface area contributed by atoms with Gasteiger partial charge in [0.15, 0.2) is 5.76 Å². The molecule has 1 unspecified atom stereocenters. The fraction of sp³-hybridized carbons (Fsp3) is 0.471. The number of rotatable bonds is 6. The van der Waals surface area contributed by atoms with Crippen molar-refractivity contribution in [3.63, 3.8) is 0 Å². The second-order valence-corrected chi connectivity index (χ2v) is 7.92. The molecule has 0 spiro atoms. The summed E-state index contributed by atoms with van der Waals surface area (Å²) in [4.78, 5) is 0.191. The third-order valence-electron chi connectivity index (χ3n) is 4.66. The average molecular weight is 386 g/mol. The second kappa shape index (κ2) is 8.80. The lowest BCUT2D eigenvalue weighted by Gasteiger charge is -2.30. The van der Waals surface area contributed by atoms with Gasteiger partial charge in [-0.25, -0.2) is 13.1 Å². The van der Waals surface area contributed by atoms with Gasteiger partial charge >= 0.3 is 0 Å². The van der Waals surface area contributed by atoms with Crippen LogP contribution in [0.3, 0.4) is 0 Å². The van der Waals surface area contributed by atoms with Crippen molar-refractivity contribution in [1.29, 1.82) is 0 Å². The fourth-order valence-electron chi connectivity index (χ4n) is 3.40. The van der Waals surface area contributed by atoms with Crippen LogP contribution < -0.4 is 10.5 Å². The minimum absolute atomic E-state index is 0. The molecule has 3 N–H and O–H groups in total. The molecule has 1 aromatic carbocycles. The number of nitrogens with zero attached hydrogens (tertiary/aromatic N) is 1. The van der Waals surface area contributed by atoms with Crippen molar-refractivity contribution in [2.45, 2.75) is 43.0 Å². The van der Waals surface area contributed by atoms with Crippen molar-refractivity contribution in [3.05, 3.63) is 36.5 Å². The van der Waals surface area contributed by atoms with Crippen molar-refractivity contribution in [2.75, 3.05) is 6.54 Å².